The third-order valence-electron chi connectivity index (χ3n) is 2.22. The number of pyridine rings is 1. The average molecular weight is 213 g/mol. The average Bonchev–Trinajstić information content (AvgIpc) is 2.19. The summed E-state index contributed by atoms with van der Waals surface area (Å²) in [4.78, 5) is 6.59. The van der Waals surface area contributed by atoms with Crippen molar-refractivity contribution in [2.24, 2.45) is 0 Å². The SMILES string of the molecule is CCN(c1cc(CCl)ccn1)C(C)C. The molecule has 0 saturated heterocycles. The molecule has 14 heavy (non-hydrogen) atoms. The minimum atomic E-state index is 0.470. The maximum absolute atomic E-state index is 5.78. The quantitative estimate of drug-likeness (QED) is 0.714. The van der Waals surface area contributed by atoms with Gasteiger partial charge in [-0.2, -0.15) is 0 Å². The third kappa shape index (κ3) is 2.61. The first kappa shape index (κ1) is 11.3. The van der Waals surface area contributed by atoms with Gasteiger partial charge < -0.3 is 4.90 Å². The van der Waals surface area contributed by atoms with Crippen LogP contribution in [0, 0.1) is 0 Å². The minimum Gasteiger partial charge on any atom is -0.354 e. The Hall–Kier alpha value is -0.760. The summed E-state index contributed by atoms with van der Waals surface area (Å²) in [6.07, 6.45) is 1.82. The maximum Gasteiger partial charge on any atom is 0.128 e. The summed E-state index contributed by atoms with van der Waals surface area (Å²) in [7, 11) is 0. The standard InChI is InChI=1S/C11H17ClN2/c1-4-14(9(2)3)11-7-10(8-12)5-6-13-11/h5-7,9H,4,8H2,1-3H3. The van der Waals surface area contributed by atoms with Crippen molar-refractivity contribution in [2.75, 3.05) is 11.4 Å². The summed E-state index contributed by atoms with van der Waals surface area (Å²) in [5.74, 6) is 1.56. The lowest BCUT2D eigenvalue weighted by molar-refractivity contribution is 0.693. The molecule has 1 heterocycles. The molecule has 0 unspecified atom stereocenters. The molecule has 0 aliphatic rings. The Morgan fingerprint density at radius 1 is 1.50 bits per heavy atom. The van der Waals surface area contributed by atoms with Crippen LogP contribution in [0.5, 0.6) is 0 Å². The van der Waals surface area contributed by atoms with E-state index in [2.05, 4.69) is 36.7 Å². The number of hydrogen-bond acceptors (Lipinski definition) is 2. The molecule has 0 aliphatic carbocycles. The molecule has 78 valence electrons. The van der Waals surface area contributed by atoms with E-state index in [1.165, 1.54) is 0 Å². The molecule has 1 aromatic heterocycles. The molecule has 2 nitrogen and oxygen atoms in total. The van der Waals surface area contributed by atoms with Gasteiger partial charge in [0.25, 0.3) is 0 Å². The maximum atomic E-state index is 5.78. The Morgan fingerprint density at radius 3 is 2.71 bits per heavy atom. The molecule has 1 rings (SSSR count). The van der Waals surface area contributed by atoms with Crippen molar-refractivity contribution < 1.29 is 0 Å². The zero-order chi connectivity index (χ0) is 10.6. The molecule has 0 N–H and O–H groups in total. The third-order valence-corrected chi connectivity index (χ3v) is 2.53. The van der Waals surface area contributed by atoms with Crippen LogP contribution in [-0.2, 0) is 5.88 Å². The Kier molecular flexibility index (Phi) is 4.21. The second kappa shape index (κ2) is 5.20. The van der Waals surface area contributed by atoms with Crippen molar-refractivity contribution in [2.45, 2.75) is 32.7 Å². The molecule has 0 radical (unpaired) electrons. The first-order valence-corrected chi connectivity index (χ1v) is 5.50. The predicted molar refractivity (Wildman–Crippen MR) is 62.0 cm³/mol. The van der Waals surface area contributed by atoms with Gasteiger partial charge in [0.1, 0.15) is 5.82 Å². The van der Waals surface area contributed by atoms with Gasteiger partial charge >= 0.3 is 0 Å². The van der Waals surface area contributed by atoms with E-state index < -0.39 is 0 Å². The lowest BCUT2D eigenvalue weighted by Gasteiger charge is -2.26. The minimum absolute atomic E-state index is 0.470. The molecule has 0 spiro atoms. The first-order valence-electron chi connectivity index (χ1n) is 4.96. The van der Waals surface area contributed by atoms with Crippen molar-refractivity contribution in [1.29, 1.82) is 0 Å². The largest absolute Gasteiger partial charge is 0.354 e. The Balaban J connectivity index is 2.92. The summed E-state index contributed by atoms with van der Waals surface area (Å²) in [6.45, 7) is 7.43. The topological polar surface area (TPSA) is 16.1 Å². The number of aromatic nitrogens is 1. The van der Waals surface area contributed by atoms with Crippen LogP contribution < -0.4 is 4.90 Å². The van der Waals surface area contributed by atoms with E-state index in [1.807, 2.05) is 12.3 Å². The highest BCUT2D eigenvalue weighted by atomic mass is 35.5. The fourth-order valence-corrected chi connectivity index (χ4v) is 1.66. The molecule has 3 heteroatoms. The molecule has 0 bridgehead atoms. The summed E-state index contributed by atoms with van der Waals surface area (Å²) in [5, 5.41) is 0. The van der Waals surface area contributed by atoms with Crippen LogP contribution in [0.15, 0.2) is 18.3 Å². The van der Waals surface area contributed by atoms with Gasteiger partial charge in [-0.05, 0) is 38.5 Å². The van der Waals surface area contributed by atoms with E-state index in [1.54, 1.807) is 0 Å². The lowest BCUT2D eigenvalue weighted by Crippen LogP contribution is -2.31. The number of nitrogens with zero attached hydrogens (tertiary/aromatic N) is 2. The van der Waals surface area contributed by atoms with Gasteiger partial charge in [0.2, 0.25) is 0 Å². The van der Waals surface area contributed by atoms with E-state index >= 15 is 0 Å². The summed E-state index contributed by atoms with van der Waals surface area (Å²) < 4.78 is 0. The van der Waals surface area contributed by atoms with E-state index in [9.17, 15) is 0 Å². The second-order valence-corrected chi connectivity index (χ2v) is 3.80. The Labute approximate surface area is 90.9 Å². The normalized spacial score (nSPS) is 10.6. The smallest absolute Gasteiger partial charge is 0.128 e. The molecule has 0 aliphatic heterocycles. The van der Waals surface area contributed by atoms with E-state index in [0.717, 1.165) is 17.9 Å². The highest BCUT2D eigenvalue weighted by molar-refractivity contribution is 6.17. The first-order chi connectivity index (χ1) is 6.69. The van der Waals surface area contributed by atoms with Gasteiger partial charge in [-0.15, -0.1) is 11.6 Å². The molecule has 0 atom stereocenters. The molecular weight excluding hydrogens is 196 g/mol. The van der Waals surface area contributed by atoms with Gasteiger partial charge in [0.05, 0.1) is 0 Å². The van der Waals surface area contributed by atoms with E-state index in [0.29, 0.717) is 11.9 Å². The zero-order valence-corrected chi connectivity index (χ0v) is 9.75. The number of alkyl halides is 1. The van der Waals surface area contributed by atoms with Crippen LogP contribution in [0.25, 0.3) is 0 Å². The number of halogens is 1. The lowest BCUT2D eigenvalue weighted by atomic mass is 10.2. The number of rotatable bonds is 4. The predicted octanol–water partition coefficient (Wildman–Crippen LogP) is 3.06. The van der Waals surface area contributed by atoms with Crippen molar-refractivity contribution >= 4 is 17.4 Å². The van der Waals surface area contributed by atoms with Crippen molar-refractivity contribution in [3.05, 3.63) is 23.9 Å². The molecule has 1 aromatic rings. The Bertz CT molecular complexity index is 286. The van der Waals surface area contributed by atoms with Crippen molar-refractivity contribution in [1.82, 2.24) is 4.98 Å². The summed E-state index contributed by atoms with van der Waals surface area (Å²) >= 11 is 5.78. The zero-order valence-electron chi connectivity index (χ0n) is 9.00. The molecule has 0 saturated carbocycles. The number of hydrogen-bond donors (Lipinski definition) is 0. The van der Waals surface area contributed by atoms with E-state index in [-0.39, 0.29) is 0 Å². The van der Waals surface area contributed by atoms with Crippen molar-refractivity contribution in [3.8, 4) is 0 Å². The van der Waals surface area contributed by atoms with Crippen LogP contribution in [0.2, 0.25) is 0 Å². The monoisotopic (exact) mass is 212 g/mol. The van der Waals surface area contributed by atoms with Crippen LogP contribution in [0.3, 0.4) is 0 Å². The second-order valence-electron chi connectivity index (χ2n) is 3.54. The highest BCUT2D eigenvalue weighted by Gasteiger charge is 2.09. The fourth-order valence-electron chi connectivity index (χ4n) is 1.49. The molecular formula is C11H17ClN2. The van der Waals surface area contributed by atoms with Gasteiger partial charge in [0, 0.05) is 24.7 Å². The highest BCUT2D eigenvalue weighted by Crippen LogP contribution is 2.16. The summed E-state index contributed by atoms with van der Waals surface area (Å²) in [6, 6.07) is 4.47. The molecule has 0 aromatic carbocycles. The van der Waals surface area contributed by atoms with E-state index in [4.69, 9.17) is 11.6 Å². The van der Waals surface area contributed by atoms with Gasteiger partial charge in [-0.1, -0.05) is 0 Å². The fraction of sp³-hybridized carbons (Fsp3) is 0.545. The number of anilines is 1. The van der Waals surface area contributed by atoms with Gasteiger partial charge in [-0.3, -0.25) is 0 Å². The van der Waals surface area contributed by atoms with Crippen molar-refractivity contribution in [3.63, 3.8) is 0 Å². The Morgan fingerprint density at radius 2 is 2.21 bits per heavy atom. The molecule has 0 fully saturated rings. The molecule has 0 amide bonds. The summed E-state index contributed by atoms with van der Waals surface area (Å²) in [5.41, 5.74) is 1.12. The van der Waals surface area contributed by atoms with Gasteiger partial charge in [0.15, 0.2) is 0 Å². The van der Waals surface area contributed by atoms with Crippen LogP contribution in [0.4, 0.5) is 5.82 Å². The van der Waals surface area contributed by atoms with Crippen LogP contribution in [0.1, 0.15) is 26.3 Å². The van der Waals surface area contributed by atoms with Gasteiger partial charge in [-0.25, -0.2) is 4.98 Å². The van der Waals surface area contributed by atoms with Crippen LogP contribution >= 0.6 is 11.6 Å². The van der Waals surface area contributed by atoms with Crippen LogP contribution in [-0.4, -0.2) is 17.6 Å².